The lowest BCUT2D eigenvalue weighted by Crippen LogP contribution is -2.49. The Morgan fingerprint density at radius 3 is 2.73 bits per heavy atom. The number of H-pyrrole nitrogens is 1. The van der Waals surface area contributed by atoms with Gasteiger partial charge in [-0.1, -0.05) is 12.6 Å². The van der Waals surface area contributed by atoms with E-state index in [9.17, 15) is 4.79 Å². The number of hydrogen-bond acceptors (Lipinski definition) is 9. The molecule has 220 valence electrons. The number of hydrogen-bond donors (Lipinski definition) is 1. The maximum atomic E-state index is 12.2. The number of amides is 1. The fraction of sp³-hybridized carbons (Fsp3) is 0.533. The van der Waals surface area contributed by atoms with Crippen molar-refractivity contribution in [1.82, 2.24) is 30.0 Å². The molecule has 5 rings (SSSR count). The van der Waals surface area contributed by atoms with Gasteiger partial charge in [0.05, 0.1) is 42.9 Å². The molecule has 4 heterocycles. The Hall–Kier alpha value is -3.70. The second-order valence-electron chi connectivity index (χ2n) is 10.7. The molecule has 3 aromatic rings. The minimum absolute atomic E-state index is 0.0240. The minimum Gasteiger partial charge on any atom is -0.463 e. The fourth-order valence-corrected chi connectivity index (χ4v) is 5.68. The second kappa shape index (κ2) is 13.3. The quantitative estimate of drug-likeness (QED) is 0.264. The first-order valence-corrected chi connectivity index (χ1v) is 14.6. The summed E-state index contributed by atoms with van der Waals surface area (Å²) in [6, 6.07) is 4.64. The lowest BCUT2D eigenvalue weighted by Gasteiger charge is -2.38. The van der Waals surface area contributed by atoms with Crippen LogP contribution >= 0.6 is 0 Å². The third-order valence-electron chi connectivity index (χ3n) is 7.94. The summed E-state index contributed by atoms with van der Waals surface area (Å²) >= 11 is 0. The summed E-state index contributed by atoms with van der Waals surface area (Å²) < 4.78 is 11.6. The van der Waals surface area contributed by atoms with E-state index in [0.29, 0.717) is 45.3 Å². The number of carbonyl (C=O) groups excluding carboxylic acids is 1. The van der Waals surface area contributed by atoms with Crippen LogP contribution in [0.15, 0.2) is 31.0 Å². The number of nitrogens with zero attached hydrogens (tertiary/aromatic N) is 7. The van der Waals surface area contributed by atoms with Crippen LogP contribution in [0.4, 0.5) is 11.5 Å². The molecule has 0 atom stereocenters. The van der Waals surface area contributed by atoms with Crippen molar-refractivity contribution in [2.75, 3.05) is 82.5 Å². The SMILES string of the molecule is C=CC(=O)N1CCN(c2nc(OCCCN(C)CCOCC)nc3c2CCN(c2c(C)ccc4[nH]ncc24)C3)CC1. The minimum atomic E-state index is -0.0240. The van der Waals surface area contributed by atoms with Crippen LogP contribution in [0, 0.1) is 6.92 Å². The zero-order chi connectivity index (χ0) is 28.8. The Morgan fingerprint density at radius 2 is 1.95 bits per heavy atom. The van der Waals surface area contributed by atoms with E-state index in [-0.39, 0.29) is 5.91 Å². The maximum absolute atomic E-state index is 12.2. The molecule has 0 spiro atoms. The summed E-state index contributed by atoms with van der Waals surface area (Å²) in [5.74, 6) is 0.909. The number of aryl methyl sites for hydroxylation is 1. The van der Waals surface area contributed by atoms with Crippen molar-refractivity contribution in [3.63, 3.8) is 0 Å². The molecule has 2 aliphatic heterocycles. The van der Waals surface area contributed by atoms with Crippen LogP contribution in [0.25, 0.3) is 10.9 Å². The lowest BCUT2D eigenvalue weighted by molar-refractivity contribution is -0.126. The van der Waals surface area contributed by atoms with Crippen LogP contribution in [0.1, 0.15) is 30.2 Å². The van der Waals surface area contributed by atoms with E-state index in [1.54, 1.807) is 0 Å². The first-order chi connectivity index (χ1) is 20.0. The molecule has 0 aliphatic carbocycles. The number of piperazine rings is 1. The number of aromatic amines is 1. The summed E-state index contributed by atoms with van der Waals surface area (Å²) in [4.78, 5) is 30.8. The number of carbonyl (C=O) groups is 1. The Kier molecular flexibility index (Phi) is 9.35. The summed E-state index contributed by atoms with van der Waals surface area (Å²) in [5, 5.41) is 8.50. The Bertz CT molecular complexity index is 1350. The van der Waals surface area contributed by atoms with Crippen LogP contribution in [0.5, 0.6) is 6.01 Å². The molecule has 0 bridgehead atoms. The second-order valence-corrected chi connectivity index (χ2v) is 10.7. The van der Waals surface area contributed by atoms with Gasteiger partial charge in [0.2, 0.25) is 5.91 Å². The van der Waals surface area contributed by atoms with Crippen molar-refractivity contribution in [1.29, 1.82) is 0 Å². The summed E-state index contributed by atoms with van der Waals surface area (Å²) in [5.41, 5.74) is 5.60. The van der Waals surface area contributed by atoms with E-state index in [0.717, 1.165) is 68.1 Å². The van der Waals surface area contributed by atoms with E-state index >= 15 is 0 Å². The zero-order valence-electron chi connectivity index (χ0n) is 24.6. The van der Waals surface area contributed by atoms with Crippen LogP contribution in [0.3, 0.4) is 0 Å². The predicted molar refractivity (Wildman–Crippen MR) is 161 cm³/mol. The van der Waals surface area contributed by atoms with Crippen molar-refractivity contribution >= 4 is 28.3 Å². The van der Waals surface area contributed by atoms with Crippen LogP contribution < -0.4 is 14.5 Å². The van der Waals surface area contributed by atoms with Gasteiger partial charge in [0.1, 0.15) is 5.82 Å². The number of aromatic nitrogens is 4. The number of likely N-dealkylation sites (N-methyl/N-ethyl adjacent to an activating group) is 1. The number of benzene rings is 1. The molecule has 11 nitrogen and oxygen atoms in total. The molecule has 41 heavy (non-hydrogen) atoms. The van der Waals surface area contributed by atoms with E-state index < -0.39 is 0 Å². The van der Waals surface area contributed by atoms with Crippen LogP contribution in [-0.2, 0) is 22.5 Å². The smallest absolute Gasteiger partial charge is 0.318 e. The molecule has 2 aromatic heterocycles. The molecule has 1 aromatic carbocycles. The molecule has 1 amide bonds. The molecule has 1 N–H and O–H groups in total. The van der Waals surface area contributed by atoms with Gasteiger partial charge >= 0.3 is 6.01 Å². The third-order valence-corrected chi connectivity index (χ3v) is 7.94. The van der Waals surface area contributed by atoms with Gasteiger partial charge in [-0.15, -0.1) is 0 Å². The number of nitrogens with one attached hydrogen (secondary N) is 1. The number of rotatable bonds is 12. The first kappa shape index (κ1) is 28.8. The Labute approximate surface area is 242 Å². The van der Waals surface area contributed by atoms with Crippen molar-refractivity contribution in [2.24, 2.45) is 0 Å². The first-order valence-electron chi connectivity index (χ1n) is 14.6. The monoisotopic (exact) mass is 562 g/mol. The molecule has 0 radical (unpaired) electrons. The highest BCUT2D eigenvalue weighted by Crippen LogP contribution is 2.35. The zero-order valence-corrected chi connectivity index (χ0v) is 24.6. The molecule has 1 saturated heterocycles. The maximum Gasteiger partial charge on any atom is 0.318 e. The molecule has 2 aliphatic rings. The summed E-state index contributed by atoms with van der Waals surface area (Å²) in [6.07, 6.45) is 4.99. The van der Waals surface area contributed by atoms with Gasteiger partial charge in [-0.3, -0.25) is 9.89 Å². The van der Waals surface area contributed by atoms with Crippen molar-refractivity contribution < 1.29 is 14.3 Å². The van der Waals surface area contributed by atoms with Gasteiger partial charge in [0, 0.05) is 63.4 Å². The van der Waals surface area contributed by atoms with Gasteiger partial charge in [0.15, 0.2) is 0 Å². The molecule has 11 heteroatoms. The number of ether oxygens (including phenoxy) is 2. The highest BCUT2D eigenvalue weighted by atomic mass is 16.5. The fourth-order valence-electron chi connectivity index (χ4n) is 5.68. The van der Waals surface area contributed by atoms with Crippen molar-refractivity contribution in [3.05, 3.63) is 47.8 Å². The van der Waals surface area contributed by atoms with Gasteiger partial charge in [-0.05, 0) is 51.4 Å². The number of anilines is 2. The topological polar surface area (TPSA) is 103 Å². The van der Waals surface area contributed by atoms with Crippen molar-refractivity contribution in [2.45, 2.75) is 33.2 Å². The number of fused-ring (bicyclic) bond motifs is 2. The Balaban J connectivity index is 1.35. The molecule has 0 saturated carbocycles. The highest BCUT2D eigenvalue weighted by Gasteiger charge is 2.29. The van der Waals surface area contributed by atoms with Gasteiger partial charge in [-0.2, -0.15) is 15.1 Å². The average Bonchev–Trinajstić information content (AvgIpc) is 3.47. The van der Waals surface area contributed by atoms with Crippen LogP contribution in [-0.4, -0.2) is 109 Å². The summed E-state index contributed by atoms with van der Waals surface area (Å²) in [6.45, 7) is 15.8. The largest absolute Gasteiger partial charge is 0.463 e. The van der Waals surface area contributed by atoms with E-state index in [1.807, 2.05) is 18.0 Å². The standard InChI is InChI=1S/C30H42N8O3/c1-5-27(39)36-13-15-37(16-14-36)29-23-10-12-38(28-22(3)8-9-25-24(28)20-31-34-25)21-26(23)32-30(33-29)41-18-7-11-35(4)17-19-40-6-2/h5,8-9,20H,1,6-7,10-19,21H2,2-4H3,(H,31,34). The molecule has 1 fully saturated rings. The molecular weight excluding hydrogens is 520 g/mol. The van der Waals surface area contributed by atoms with E-state index in [2.05, 4.69) is 57.6 Å². The normalized spacial score (nSPS) is 15.5. The van der Waals surface area contributed by atoms with Gasteiger partial charge in [-0.25, -0.2) is 0 Å². The third kappa shape index (κ3) is 6.62. The van der Waals surface area contributed by atoms with E-state index in [1.165, 1.54) is 22.9 Å². The predicted octanol–water partition coefficient (Wildman–Crippen LogP) is 2.80. The average molecular weight is 563 g/mol. The van der Waals surface area contributed by atoms with E-state index in [4.69, 9.17) is 19.4 Å². The highest BCUT2D eigenvalue weighted by molar-refractivity contribution is 5.93. The van der Waals surface area contributed by atoms with Crippen LogP contribution in [0.2, 0.25) is 0 Å². The Morgan fingerprint density at radius 1 is 1.12 bits per heavy atom. The summed E-state index contributed by atoms with van der Waals surface area (Å²) in [7, 11) is 2.10. The molecular formula is C30H42N8O3. The molecule has 0 unspecified atom stereocenters. The van der Waals surface area contributed by atoms with Crippen molar-refractivity contribution in [3.8, 4) is 6.01 Å². The van der Waals surface area contributed by atoms with Gasteiger partial charge in [0.25, 0.3) is 0 Å². The van der Waals surface area contributed by atoms with Gasteiger partial charge < -0.3 is 29.1 Å². The lowest BCUT2D eigenvalue weighted by atomic mass is 10.0.